The lowest BCUT2D eigenvalue weighted by atomic mass is 10.0. The van der Waals surface area contributed by atoms with Crippen LogP contribution in [-0.2, 0) is 13.5 Å². The SMILES string of the molecule is Cc1nn(C)c(C)c1C1CCCN1c1nnc(Cc2ccc(Cl)cc2)s1. The van der Waals surface area contributed by atoms with Gasteiger partial charge in [0.1, 0.15) is 5.01 Å². The van der Waals surface area contributed by atoms with Gasteiger partial charge in [-0.25, -0.2) is 0 Å². The zero-order valence-corrected chi connectivity index (χ0v) is 16.8. The summed E-state index contributed by atoms with van der Waals surface area (Å²) in [4.78, 5) is 2.40. The minimum Gasteiger partial charge on any atom is -0.339 e. The largest absolute Gasteiger partial charge is 0.339 e. The summed E-state index contributed by atoms with van der Waals surface area (Å²) in [6.07, 6.45) is 3.10. The molecule has 0 bridgehead atoms. The van der Waals surface area contributed by atoms with E-state index in [1.54, 1.807) is 11.3 Å². The summed E-state index contributed by atoms with van der Waals surface area (Å²) in [7, 11) is 2.01. The van der Waals surface area contributed by atoms with Gasteiger partial charge in [-0.3, -0.25) is 4.68 Å². The first-order chi connectivity index (χ1) is 12.5. The molecule has 0 spiro atoms. The molecule has 2 aromatic heterocycles. The maximum absolute atomic E-state index is 5.97. The van der Waals surface area contributed by atoms with Gasteiger partial charge in [-0.1, -0.05) is 35.1 Å². The molecule has 3 aromatic rings. The smallest absolute Gasteiger partial charge is 0.208 e. The molecule has 0 amide bonds. The molecule has 1 aromatic carbocycles. The number of halogens is 1. The van der Waals surface area contributed by atoms with Crippen LogP contribution in [-0.4, -0.2) is 26.5 Å². The molecule has 1 unspecified atom stereocenters. The van der Waals surface area contributed by atoms with Crippen LogP contribution in [0.4, 0.5) is 5.13 Å². The fraction of sp³-hybridized carbons (Fsp3) is 0.421. The van der Waals surface area contributed by atoms with E-state index in [1.807, 2.05) is 36.0 Å². The second-order valence-corrected chi connectivity index (χ2v) is 8.32. The average molecular weight is 388 g/mol. The Balaban J connectivity index is 1.57. The molecule has 3 heterocycles. The fourth-order valence-electron chi connectivity index (χ4n) is 3.78. The molecular formula is C19H22ClN5S. The molecule has 4 rings (SSSR count). The van der Waals surface area contributed by atoms with Crippen LogP contribution in [0.1, 0.15) is 46.4 Å². The number of benzene rings is 1. The molecular weight excluding hydrogens is 366 g/mol. The lowest BCUT2D eigenvalue weighted by Crippen LogP contribution is -2.23. The zero-order chi connectivity index (χ0) is 18.3. The molecule has 0 saturated carbocycles. The summed E-state index contributed by atoms with van der Waals surface area (Å²) in [5, 5.41) is 16.3. The van der Waals surface area contributed by atoms with Crippen LogP contribution in [0.25, 0.3) is 0 Å². The Morgan fingerprint density at radius 2 is 1.96 bits per heavy atom. The number of anilines is 1. The maximum Gasteiger partial charge on any atom is 0.208 e. The van der Waals surface area contributed by atoms with Crippen LogP contribution in [0.15, 0.2) is 24.3 Å². The van der Waals surface area contributed by atoms with Gasteiger partial charge >= 0.3 is 0 Å². The third-order valence-corrected chi connectivity index (χ3v) is 6.33. The van der Waals surface area contributed by atoms with Crippen molar-refractivity contribution in [3.8, 4) is 0 Å². The van der Waals surface area contributed by atoms with Gasteiger partial charge in [-0.2, -0.15) is 5.10 Å². The third kappa shape index (κ3) is 3.23. The van der Waals surface area contributed by atoms with Gasteiger partial charge in [0.05, 0.1) is 11.7 Å². The molecule has 1 fully saturated rings. The Hall–Kier alpha value is -1.92. The van der Waals surface area contributed by atoms with Crippen molar-refractivity contribution in [3.63, 3.8) is 0 Å². The van der Waals surface area contributed by atoms with Crippen LogP contribution in [0.5, 0.6) is 0 Å². The molecule has 1 aliphatic heterocycles. The van der Waals surface area contributed by atoms with Crippen LogP contribution >= 0.6 is 22.9 Å². The van der Waals surface area contributed by atoms with Gasteiger partial charge in [-0.15, -0.1) is 10.2 Å². The van der Waals surface area contributed by atoms with E-state index in [0.717, 1.165) is 40.2 Å². The molecule has 0 aliphatic carbocycles. The van der Waals surface area contributed by atoms with Gasteiger partial charge in [0.2, 0.25) is 5.13 Å². The summed E-state index contributed by atoms with van der Waals surface area (Å²) in [6.45, 7) is 5.27. The van der Waals surface area contributed by atoms with E-state index in [4.69, 9.17) is 11.6 Å². The number of nitrogens with zero attached hydrogens (tertiary/aromatic N) is 5. The Labute approximate surface area is 162 Å². The molecule has 136 valence electrons. The van der Waals surface area contributed by atoms with Crippen LogP contribution in [0.2, 0.25) is 5.02 Å². The lowest BCUT2D eigenvalue weighted by molar-refractivity contribution is 0.695. The second kappa shape index (κ2) is 7.00. The highest BCUT2D eigenvalue weighted by atomic mass is 35.5. The molecule has 26 heavy (non-hydrogen) atoms. The summed E-state index contributed by atoms with van der Waals surface area (Å²) in [5.41, 5.74) is 4.91. The first-order valence-electron chi connectivity index (χ1n) is 8.86. The van der Waals surface area contributed by atoms with Crippen LogP contribution in [0.3, 0.4) is 0 Å². The minimum atomic E-state index is 0.347. The standard InChI is InChI=1S/C19H22ClN5S/c1-12-18(13(2)24(3)23-12)16-5-4-10-25(16)19-22-21-17(26-19)11-14-6-8-15(20)9-7-14/h6-9,16H,4-5,10-11H2,1-3H3. The van der Waals surface area contributed by atoms with E-state index in [1.165, 1.54) is 23.2 Å². The van der Waals surface area contributed by atoms with Crippen molar-refractivity contribution in [2.75, 3.05) is 11.4 Å². The van der Waals surface area contributed by atoms with E-state index < -0.39 is 0 Å². The quantitative estimate of drug-likeness (QED) is 0.662. The van der Waals surface area contributed by atoms with Crippen molar-refractivity contribution in [2.24, 2.45) is 7.05 Å². The minimum absolute atomic E-state index is 0.347. The molecule has 0 N–H and O–H groups in total. The van der Waals surface area contributed by atoms with Gasteiger partial charge in [0.15, 0.2) is 0 Å². The van der Waals surface area contributed by atoms with E-state index in [2.05, 4.69) is 34.0 Å². The van der Waals surface area contributed by atoms with E-state index in [-0.39, 0.29) is 0 Å². The third-order valence-electron chi connectivity index (χ3n) is 5.12. The normalized spacial score (nSPS) is 17.2. The van der Waals surface area contributed by atoms with Gasteiger partial charge in [0, 0.05) is 36.3 Å². The maximum atomic E-state index is 5.97. The summed E-state index contributed by atoms with van der Waals surface area (Å²) in [6, 6.07) is 8.28. The van der Waals surface area contributed by atoms with Crippen molar-refractivity contribution in [1.29, 1.82) is 0 Å². The van der Waals surface area contributed by atoms with Crippen molar-refractivity contribution < 1.29 is 0 Å². The molecule has 5 nitrogen and oxygen atoms in total. The Morgan fingerprint density at radius 1 is 1.19 bits per heavy atom. The first-order valence-corrected chi connectivity index (χ1v) is 10.1. The Morgan fingerprint density at radius 3 is 2.65 bits per heavy atom. The summed E-state index contributed by atoms with van der Waals surface area (Å²) in [5.74, 6) is 0. The van der Waals surface area contributed by atoms with Crippen LogP contribution < -0.4 is 4.90 Å². The Kier molecular flexibility index (Phi) is 4.71. The zero-order valence-electron chi connectivity index (χ0n) is 15.2. The van der Waals surface area contributed by atoms with Crippen molar-refractivity contribution in [1.82, 2.24) is 20.0 Å². The Bertz CT molecular complexity index is 915. The first kappa shape index (κ1) is 17.5. The highest BCUT2D eigenvalue weighted by Gasteiger charge is 2.32. The number of aromatic nitrogens is 4. The lowest BCUT2D eigenvalue weighted by Gasteiger charge is -2.24. The topological polar surface area (TPSA) is 46.8 Å². The number of aryl methyl sites for hydroxylation is 2. The van der Waals surface area contributed by atoms with E-state index in [0.29, 0.717) is 6.04 Å². The van der Waals surface area contributed by atoms with E-state index in [9.17, 15) is 0 Å². The van der Waals surface area contributed by atoms with Crippen molar-refractivity contribution in [3.05, 3.63) is 56.8 Å². The highest BCUT2D eigenvalue weighted by molar-refractivity contribution is 7.15. The highest BCUT2D eigenvalue weighted by Crippen LogP contribution is 2.39. The van der Waals surface area contributed by atoms with Crippen molar-refractivity contribution >= 4 is 28.1 Å². The summed E-state index contributed by atoms with van der Waals surface area (Å²) < 4.78 is 1.98. The molecule has 1 atom stereocenters. The predicted octanol–water partition coefficient (Wildman–Crippen LogP) is 4.47. The molecule has 1 aliphatic rings. The number of hydrogen-bond donors (Lipinski definition) is 0. The van der Waals surface area contributed by atoms with Gasteiger partial charge in [0.25, 0.3) is 0 Å². The second-order valence-electron chi connectivity index (χ2n) is 6.84. The van der Waals surface area contributed by atoms with Gasteiger partial charge < -0.3 is 4.90 Å². The monoisotopic (exact) mass is 387 g/mol. The predicted molar refractivity (Wildman–Crippen MR) is 106 cm³/mol. The molecule has 1 saturated heterocycles. The molecule has 0 radical (unpaired) electrons. The van der Waals surface area contributed by atoms with Crippen LogP contribution in [0, 0.1) is 13.8 Å². The fourth-order valence-corrected chi connectivity index (χ4v) is 4.85. The van der Waals surface area contributed by atoms with Gasteiger partial charge in [-0.05, 0) is 44.4 Å². The number of hydrogen-bond acceptors (Lipinski definition) is 5. The summed E-state index contributed by atoms with van der Waals surface area (Å²) >= 11 is 7.66. The van der Waals surface area contributed by atoms with Crippen molar-refractivity contribution in [2.45, 2.75) is 39.2 Å². The molecule has 7 heteroatoms. The average Bonchev–Trinajstić information content (AvgIpc) is 3.31. The van der Waals surface area contributed by atoms with E-state index >= 15 is 0 Å². The number of rotatable bonds is 4.